The summed E-state index contributed by atoms with van der Waals surface area (Å²) in [6.45, 7) is 6.28. The second-order valence-corrected chi connectivity index (χ2v) is 7.89. The Bertz CT molecular complexity index is 722. The summed E-state index contributed by atoms with van der Waals surface area (Å²) in [7, 11) is 0. The van der Waals surface area contributed by atoms with Gasteiger partial charge in [0.25, 0.3) is 5.56 Å². The number of thioether (sulfide) groups is 2. The van der Waals surface area contributed by atoms with E-state index in [1.807, 2.05) is 31.2 Å². The Hall–Kier alpha value is -1.20. The first-order chi connectivity index (χ1) is 10.1. The SMILES string of the molecule is CCSc1nc2c(c(=O)n1-c1ccc(C)cc1)SC(C)C2. The predicted molar refractivity (Wildman–Crippen MR) is 90.0 cm³/mol. The molecule has 1 aliphatic heterocycles. The van der Waals surface area contributed by atoms with Gasteiger partial charge in [0.2, 0.25) is 0 Å². The lowest BCUT2D eigenvalue weighted by molar-refractivity contribution is 0.731. The first-order valence-electron chi connectivity index (χ1n) is 7.12. The molecular weight excluding hydrogens is 300 g/mol. The van der Waals surface area contributed by atoms with Crippen molar-refractivity contribution in [3.8, 4) is 5.69 Å². The highest BCUT2D eigenvalue weighted by atomic mass is 32.2. The van der Waals surface area contributed by atoms with Crippen LogP contribution in [0.25, 0.3) is 5.69 Å². The smallest absolute Gasteiger partial charge is 0.268 e. The van der Waals surface area contributed by atoms with Crippen LogP contribution in [-0.4, -0.2) is 20.6 Å². The van der Waals surface area contributed by atoms with E-state index in [1.165, 1.54) is 5.56 Å². The predicted octanol–water partition coefficient (Wildman–Crippen LogP) is 3.69. The van der Waals surface area contributed by atoms with Gasteiger partial charge in [-0.05, 0) is 24.8 Å². The van der Waals surface area contributed by atoms with Crippen LogP contribution in [0.2, 0.25) is 0 Å². The van der Waals surface area contributed by atoms with E-state index in [0.29, 0.717) is 5.25 Å². The molecule has 0 N–H and O–H groups in total. The van der Waals surface area contributed by atoms with Gasteiger partial charge in [0.1, 0.15) is 0 Å². The highest BCUT2D eigenvalue weighted by Crippen LogP contribution is 2.34. The maximum Gasteiger partial charge on any atom is 0.272 e. The lowest BCUT2D eigenvalue weighted by Crippen LogP contribution is -2.23. The molecule has 3 rings (SSSR count). The van der Waals surface area contributed by atoms with Crippen LogP contribution >= 0.6 is 23.5 Å². The third-order valence-electron chi connectivity index (χ3n) is 3.45. The highest BCUT2D eigenvalue weighted by molar-refractivity contribution is 8.00. The van der Waals surface area contributed by atoms with Crippen LogP contribution < -0.4 is 5.56 Å². The molecule has 1 aromatic heterocycles. The number of nitrogens with zero attached hydrogens (tertiary/aromatic N) is 2. The summed E-state index contributed by atoms with van der Waals surface area (Å²) in [5, 5.41) is 1.24. The van der Waals surface area contributed by atoms with Crippen LogP contribution in [0.1, 0.15) is 25.1 Å². The van der Waals surface area contributed by atoms with E-state index in [9.17, 15) is 4.79 Å². The standard InChI is InChI=1S/C16H18N2OS2/c1-4-20-16-17-13-9-11(3)21-14(13)15(19)18(16)12-7-5-10(2)6-8-12/h5-8,11H,4,9H2,1-3H3. The Balaban J connectivity index is 2.21. The Labute approximate surface area is 133 Å². The molecule has 0 spiro atoms. The van der Waals surface area contributed by atoms with Crippen molar-refractivity contribution in [1.29, 1.82) is 0 Å². The van der Waals surface area contributed by atoms with Gasteiger partial charge in [0, 0.05) is 11.7 Å². The van der Waals surface area contributed by atoms with Crippen molar-refractivity contribution < 1.29 is 0 Å². The number of hydrogen-bond donors (Lipinski definition) is 0. The minimum atomic E-state index is 0.0779. The highest BCUT2D eigenvalue weighted by Gasteiger charge is 2.26. The molecule has 0 saturated heterocycles. The number of aromatic nitrogens is 2. The van der Waals surface area contributed by atoms with Gasteiger partial charge in [-0.15, -0.1) is 11.8 Å². The Morgan fingerprint density at radius 1 is 1.38 bits per heavy atom. The fourth-order valence-corrected chi connectivity index (χ4v) is 4.30. The molecule has 0 bridgehead atoms. The van der Waals surface area contributed by atoms with Gasteiger partial charge in [0.05, 0.1) is 16.3 Å². The number of hydrogen-bond acceptors (Lipinski definition) is 4. The van der Waals surface area contributed by atoms with Crippen molar-refractivity contribution >= 4 is 23.5 Å². The van der Waals surface area contributed by atoms with E-state index in [0.717, 1.165) is 33.6 Å². The molecule has 0 radical (unpaired) electrons. The largest absolute Gasteiger partial charge is 0.272 e. The van der Waals surface area contributed by atoms with Crippen molar-refractivity contribution in [1.82, 2.24) is 9.55 Å². The first-order valence-corrected chi connectivity index (χ1v) is 8.99. The van der Waals surface area contributed by atoms with Crippen LogP contribution in [0, 0.1) is 6.92 Å². The van der Waals surface area contributed by atoms with Gasteiger partial charge in [-0.25, -0.2) is 4.98 Å². The van der Waals surface area contributed by atoms with Crippen molar-refractivity contribution in [3.05, 3.63) is 45.9 Å². The average Bonchev–Trinajstić information content (AvgIpc) is 2.82. The zero-order valence-electron chi connectivity index (χ0n) is 12.4. The monoisotopic (exact) mass is 318 g/mol. The summed E-state index contributed by atoms with van der Waals surface area (Å²) < 4.78 is 1.76. The third-order valence-corrected chi connectivity index (χ3v) is 5.48. The van der Waals surface area contributed by atoms with Gasteiger partial charge in [0.15, 0.2) is 5.16 Å². The Morgan fingerprint density at radius 3 is 2.76 bits per heavy atom. The lowest BCUT2D eigenvalue weighted by Gasteiger charge is -2.13. The van der Waals surface area contributed by atoms with Gasteiger partial charge >= 0.3 is 0 Å². The van der Waals surface area contributed by atoms with E-state index in [4.69, 9.17) is 4.98 Å². The maximum absolute atomic E-state index is 12.9. The summed E-state index contributed by atoms with van der Waals surface area (Å²) in [5.41, 5.74) is 3.14. The van der Waals surface area contributed by atoms with Gasteiger partial charge in [-0.3, -0.25) is 9.36 Å². The summed E-state index contributed by atoms with van der Waals surface area (Å²) in [5.74, 6) is 0.903. The minimum Gasteiger partial charge on any atom is -0.268 e. The Morgan fingerprint density at radius 2 is 2.10 bits per heavy atom. The van der Waals surface area contributed by atoms with Crippen molar-refractivity contribution in [3.63, 3.8) is 0 Å². The van der Waals surface area contributed by atoms with Gasteiger partial charge in [-0.1, -0.05) is 43.3 Å². The molecule has 2 heterocycles. The molecule has 0 fully saturated rings. The van der Waals surface area contributed by atoms with Gasteiger partial charge < -0.3 is 0 Å². The van der Waals surface area contributed by atoms with Crippen molar-refractivity contribution in [2.24, 2.45) is 0 Å². The zero-order chi connectivity index (χ0) is 15.0. The summed E-state index contributed by atoms with van der Waals surface area (Å²) in [4.78, 5) is 18.5. The zero-order valence-corrected chi connectivity index (χ0v) is 14.1. The molecule has 0 saturated carbocycles. The second-order valence-electron chi connectivity index (χ2n) is 5.21. The van der Waals surface area contributed by atoms with E-state index in [2.05, 4.69) is 13.8 Å². The average molecular weight is 318 g/mol. The second kappa shape index (κ2) is 5.89. The molecular formula is C16H18N2OS2. The van der Waals surface area contributed by atoms with E-state index < -0.39 is 0 Å². The molecule has 1 aromatic carbocycles. The minimum absolute atomic E-state index is 0.0779. The first kappa shape index (κ1) is 14.7. The molecule has 5 heteroatoms. The Kier molecular flexibility index (Phi) is 4.13. The number of fused-ring (bicyclic) bond motifs is 1. The molecule has 3 nitrogen and oxygen atoms in total. The van der Waals surface area contributed by atoms with E-state index in [-0.39, 0.29) is 5.56 Å². The third kappa shape index (κ3) is 2.77. The number of aryl methyl sites for hydroxylation is 1. The topological polar surface area (TPSA) is 34.9 Å². The van der Waals surface area contributed by atoms with E-state index in [1.54, 1.807) is 28.1 Å². The normalized spacial score (nSPS) is 17.0. The fourth-order valence-electron chi connectivity index (χ4n) is 2.45. The molecule has 21 heavy (non-hydrogen) atoms. The van der Waals surface area contributed by atoms with Crippen LogP contribution in [0.4, 0.5) is 0 Å². The maximum atomic E-state index is 12.9. The van der Waals surface area contributed by atoms with Gasteiger partial charge in [-0.2, -0.15) is 0 Å². The molecule has 0 amide bonds. The number of benzene rings is 1. The summed E-state index contributed by atoms with van der Waals surface area (Å²) in [6.07, 6.45) is 0.890. The quantitative estimate of drug-likeness (QED) is 0.638. The molecule has 1 aliphatic rings. The summed E-state index contributed by atoms with van der Waals surface area (Å²) in [6, 6.07) is 8.05. The van der Waals surface area contributed by atoms with Crippen molar-refractivity contribution in [2.75, 3.05) is 5.75 Å². The molecule has 1 atom stereocenters. The molecule has 1 unspecified atom stereocenters. The van der Waals surface area contributed by atoms with Crippen LogP contribution in [-0.2, 0) is 6.42 Å². The van der Waals surface area contributed by atoms with Crippen LogP contribution in [0.3, 0.4) is 0 Å². The van der Waals surface area contributed by atoms with E-state index >= 15 is 0 Å². The fraction of sp³-hybridized carbons (Fsp3) is 0.375. The summed E-state index contributed by atoms with van der Waals surface area (Å²) >= 11 is 3.28. The van der Waals surface area contributed by atoms with Crippen molar-refractivity contribution in [2.45, 2.75) is 42.5 Å². The number of rotatable bonds is 3. The van der Waals surface area contributed by atoms with Crippen LogP contribution in [0.5, 0.6) is 0 Å². The molecule has 0 aliphatic carbocycles. The molecule has 110 valence electrons. The van der Waals surface area contributed by atoms with Crippen LogP contribution in [0.15, 0.2) is 39.1 Å². The lowest BCUT2D eigenvalue weighted by atomic mass is 10.2. The molecule has 2 aromatic rings.